The lowest BCUT2D eigenvalue weighted by molar-refractivity contribution is 0.298. The highest BCUT2D eigenvalue weighted by molar-refractivity contribution is 5.86. The van der Waals surface area contributed by atoms with Gasteiger partial charge in [0.2, 0.25) is 5.88 Å². The van der Waals surface area contributed by atoms with Crippen LogP contribution in [-0.4, -0.2) is 10.2 Å². The SMILES string of the molecule is c1ccc2c(COc3n[nH]c4ccccc34)cccc2c1. The molecule has 0 bridgehead atoms. The second-order valence-electron chi connectivity index (χ2n) is 5.00. The number of H-pyrrole nitrogens is 1. The number of aromatic nitrogens is 2. The Morgan fingerprint density at radius 3 is 2.52 bits per heavy atom. The summed E-state index contributed by atoms with van der Waals surface area (Å²) in [6.07, 6.45) is 0. The molecule has 3 aromatic carbocycles. The van der Waals surface area contributed by atoms with Crippen molar-refractivity contribution in [1.82, 2.24) is 10.2 Å². The standard InChI is InChI=1S/C18H14N2O/c1-2-9-15-13(6-1)7-5-8-14(15)12-21-18-16-10-3-4-11-17(16)19-20-18/h1-11H,12H2,(H,19,20). The van der Waals surface area contributed by atoms with Crippen molar-refractivity contribution >= 4 is 21.7 Å². The highest BCUT2D eigenvalue weighted by Crippen LogP contribution is 2.24. The molecule has 0 radical (unpaired) electrons. The molecule has 4 rings (SSSR count). The van der Waals surface area contributed by atoms with Crippen molar-refractivity contribution in [2.45, 2.75) is 6.61 Å². The summed E-state index contributed by atoms with van der Waals surface area (Å²) in [7, 11) is 0. The fourth-order valence-electron chi connectivity index (χ4n) is 2.61. The molecule has 3 heteroatoms. The molecule has 0 aliphatic rings. The van der Waals surface area contributed by atoms with Gasteiger partial charge < -0.3 is 4.74 Å². The molecule has 21 heavy (non-hydrogen) atoms. The van der Waals surface area contributed by atoms with Gasteiger partial charge in [-0.25, -0.2) is 0 Å². The number of nitrogens with one attached hydrogen (secondary N) is 1. The first-order valence-corrected chi connectivity index (χ1v) is 6.94. The Morgan fingerprint density at radius 2 is 1.57 bits per heavy atom. The molecule has 0 amide bonds. The lowest BCUT2D eigenvalue weighted by Crippen LogP contribution is -1.97. The number of hydrogen-bond donors (Lipinski definition) is 1. The summed E-state index contributed by atoms with van der Waals surface area (Å²) in [4.78, 5) is 0. The van der Waals surface area contributed by atoms with Crippen molar-refractivity contribution < 1.29 is 4.74 Å². The van der Waals surface area contributed by atoms with Crippen LogP contribution in [0, 0.1) is 0 Å². The zero-order valence-corrected chi connectivity index (χ0v) is 11.4. The zero-order valence-electron chi connectivity index (χ0n) is 11.4. The quantitative estimate of drug-likeness (QED) is 0.605. The number of hydrogen-bond acceptors (Lipinski definition) is 2. The first-order chi connectivity index (χ1) is 10.4. The Bertz CT molecular complexity index is 906. The van der Waals surface area contributed by atoms with Gasteiger partial charge in [-0.15, -0.1) is 5.10 Å². The topological polar surface area (TPSA) is 37.9 Å². The van der Waals surface area contributed by atoms with Gasteiger partial charge in [0.05, 0.1) is 10.9 Å². The summed E-state index contributed by atoms with van der Waals surface area (Å²) < 4.78 is 5.91. The predicted molar refractivity (Wildman–Crippen MR) is 84.4 cm³/mol. The van der Waals surface area contributed by atoms with Crippen molar-refractivity contribution in [2.75, 3.05) is 0 Å². The van der Waals surface area contributed by atoms with Gasteiger partial charge >= 0.3 is 0 Å². The van der Waals surface area contributed by atoms with Crippen molar-refractivity contribution in [3.8, 4) is 5.88 Å². The second-order valence-corrected chi connectivity index (χ2v) is 5.00. The first kappa shape index (κ1) is 12.0. The molecule has 4 aromatic rings. The van der Waals surface area contributed by atoms with Crippen LogP contribution in [0.15, 0.2) is 66.7 Å². The molecule has 0 saturated heterocycles. The summed E-state index contributed by atoms with van der Waals surface area (Å²) >= 11 is 0. The van der Waals surface area contributed by atoms with Gasteiger partial charge in [-0.1, -0.05) is 54.6 Å². The maximum Gasteiger partial charge on any atom is 0.240 e. The molecular formula is C18H14N2O. The third kappa shape index (κ3) is 2.13. The third-order valence-electron chi connectivity index (χ3n) is 3.68. The van der Waals surface area contributed by atoms with E-state index in [2.05, 4.69) is 46.6 Å². The number of ether oxygens (including phenoxy) is 1. The van der Waals surface area contributed by atoms with E-state index in [4.69, 9.17) is 4.74 Å². The summed E-state index contributed by atoms with van der Waals surface area (Å²) in [5.41, 5.74) is 2.16. The van der Waals surface area contributed by atoms with E-state index in [9.17, 15) is 0 Å². The monoisotopic (exact) mass is 274 g/mol. The molecule has 0 spiro atoms. The highest BCUT2D eigenvalue weighted by Gasteiger charge is 2.07. The molecule has 1 heterocycles. The van der Waals surface area contributed by atoms with Crippen molar-refractivity contribution in [3.63, 3.8) is 0 Å². The Hall–Kier alpha value is -2.81. The minimum Gasteiger partial charge on any atom is -0.471 e. The van der Waals surface area contributed by atoms with Gasteiger partial charge in [0.1, 0.15) is 6.61 Å². The fourth-order valence-corrected chi connectivity index (χ4v) is 2.61. The van der Waals surface area contributed by atoms with Crippen LogP contribution >= 0.6 is 0 Å². The summed E-state index contributed by atoms with van der Waals surface area (Å²) in [6.45, 7) is 0.510. The Labute approximate surface area is 122 Å². The molecule has 3 nitrogen and oxygen atoms in total. The predicted octanol–water partition coefficient (Wildman–Crippen LogP) is 4.30. The maximum atomic E-state index is 5.91. The van der Waals surface area contributed by atoms with Crippen LogP contribution < -0.4 is 4.74 Å². The smallest absolute Gasteiger partial charge is 0.240 e. The molecule has 1 N–H and O–H groups in total. The van der Waals surface area contributed by atoms with E-state index in [1.807, 2.05) is 30.3 Å². The number of rotatable bonds is 3. The summed E-state index contributed by atoms with van der Waals surface area (Å²) in [5, 5.41) is 10.7. The molecule has 0 aliphatic heterocycles. The summed E-state index contributed by atoms with van der Waals surface area (Å²) in [6, 6.07) is 22.6. The number of aromatic amines is 1. The lowest BCUT2D eigenvalue weighted by Gasteiger charge is -2.07. The van der Waals surface area contributed by atoms with E-state index in [1.165, 1.54) is 16.3 Å². The second kappa shape index (κ2) is 4.94. The van der Waals surface area contributed by atoms with Gasteiger partial charge in [-0.2, -0.15) is 0 Å². The van der Waals surface area contributed by atoms with Crippen LogP contribution in [0.5, 0.6) is 5.88 Å². The van der Waals surface area contributed by atoms with Gasteiger partial charge in [0.15, 0.2) is 0 Å². The minimum absolute atomic E-state index is 0.510. The normalized spacial score (nSPS) is 11.0. The molecule has 0 saturated carbocycles. The minimum atomic E-state index is 0.510. The number of nitrogens with zero attached hydrogens (tertiary/aromatic N) is 1. The van der Waals surface area contributed by atoms with E-state index in [-0.39, 0.29) is 0 Å². The van der Waals surface area contributed by atoms with Crippen LogP contribution in [-0.2, 0) is 6.61 Å². The molecule has 1 aromatic heterocycles. The van der Waals surface area contributed by atoms with Crippen molar-refractivity contribution in [2.24, 2.45) is 0 Å². The Morgan fingerprint density at radius 1 is 0.810 bits per heavy atom. The largest absolute Gasteiger partial charge is 0.471 e. The van der Waals surface area contributed by atoms with E-state index in [0.717, 1.165) is 10.9 Å². The molecule has 0 unspecified atom stereocenters. The number of fused-ring (bicyclic) bond motifs is 2. The van der Waals surface area contributed by atoms with Gasteiger partial charge in [0.25, 0.3) is 0 Å². The van der Waals surface area contributed by atoms with E-state index in [1.54, 1.807) is 0 Å². The van der Waals surface area contributed by atoms with E-state index >= 15 is 0 Å². The zero-order chi connectivity index (χ0) is 14.1. The maximum absolute atomic E-state index is 5.91. The fraction of sp³-hybridized carbons (Fsp3) is 0.0556. The van der Waals surface area contributed by atoms with Gasteiger partial charge in [-0.3, -0.25) is 5.10 Å². The van der Waals surface area contributed by atoms with Crippen LogP contribution in [0.4, 0.5) is 0 Å². The van der Waals surface area contributed by atoms with Gasteiger partial charge in [-0.05, 0) is 28.5 Å². The lowest BCUT2D eigenvalue weighted by atomic mass is 10.1. The Balaban J connectivity index is 1.67. The van der Waals surface area contributed by atoms with Crippen LogP contribution in [0.2, 0.25) is 0 Å². The molecular weight excluding hydrogens is 260 g/mol. The van der Waals surface area contributed by atoms with Crippen LogP contribution in [0.3, 0.4) is 0 Å². The molecule has 0 fully saturated rings. The van der Waals surface area contributed by atoms with Crippen LogP contribution in [0.1, 0.15) is 5.56 Å². The first-order valence-electron chi connectivity index (χ1n) is 6.94. The molecule has 102 valence electrons. The highest BCUT2D eigenvalue weighted by atomic mass is 16.5. The van der Waals surface area contributed by atoms with E-state index < -0.39 is 0 Å². The third-order valence-corrected chi connectivity index (χ3v) is 3.68. The number of para-hydroxylation sites is 1. The molecule has 0 atom stereocenters. The summed E-state index contributed by atoms with van der Waals surface area (Å²) in [5.74, 6) is 0.651. The van der Waals surface area contributed by atoms with E-state index in [0.29, 0.717) is 12.5 Å². The van der Waals surface area contributed by atoms with Crippen LogP contribution in [0.25, 0.3) is 21.7 Å². The molecule has 0 aliphatic carbocycles. The average molecular weight is 274 g/mol. The Kier molecular flexibility index (Phi) is 2.82. The number of benzene rings is 3. The van der Waals surface area contributed by atoms with Crippen molar-refractivity contribution in [3.05, 3.63) is 72.3 Å². The average Bonchev–Trinajstić information content (AvgIpc) is 2.96. The van der Waals surface area contributed by atoms with Crippen molar-refractivity contribution in [1.29, 1.82) is 0 Å². The van der Waals surface area contributed by atoms with Gasteiger partial charge in [0, 0.05) is 0 Å².